The van der Waals surface area contributed by atoms with E-state index in [2.05, 4.69) is 0 Å². The third-order valence-electron chi connectivity index (χ3n) is 3.08. The highest BCUT2D eigenvalue weighted by molar-refractivity contribution is 6.31. The molecular formula is C15H13ClO3. The Labute approximate surface area is 116 Å². The summed E-state index contributed by atoms with van der Waals surface area (Å²) in [7, 11) is 0. The van der Waals surface area contributed by atoms with Gasteiger partial charge in [-0.05, 0) is 23.8 Å². The molecule has 1 N–H and O–H groups in total. The lowest BCUT2D eigenvalue weighted by molar-refractivity contribution is 0.169. The SMILES string of the molecule is OC(c1ccc2c(c1)OCCO2)c1ccccc1Cl. The summed E-state index contributed by atoms with van der Waals surface area (Å²) in [4.78, 5) is 0. The van der Waals surface area contributed by atoms with Crippen LogP contribution in [0.2, 0.25) is 5.02 Å². The van der Waals surface area contributed by atoms with Crippen molar-refractivity contribution in [1.29, 1.82) is 0 Å². The van der Waals surface area contributed by atoms with E-state index in [1.807, 2.05) is 30.3 Å². The molecule has 0 spiro atoms. The molecule has 1 aliphatic rings. The first kappa shape index (κ1) is 12.3. The Morgan fingerprint density at radius 3 is 2.53 bits per heavy atom. The Morgan fingerprint density at radius 1 is 1.00 bits per heavy atom. The minimum Gasteiger partial charge on any atom is -0.486 e. The molecule has 98 valence electrons. The van der Waals surface area contributed by atoms with E-state index < -0.39 is 6.10 Å². The van der Waals surface area contributed by atoms with E-state index in [0.29, 0.717) is 35.3 Å². The quantitative estimate of drug-likeness (QED) is 0.915. The van der Waals surface area contributed by atoms with E-state index in [1.54, 1.807) is 12.1 Å². The van der Waals surface area contributed by atoms with Gasteiger partial charge in [0.15, 0.2) is 11.5 Å². The predicted molar refractivity (Wildman–Crippen MR) is 72.9 cm³/mol. The number of fused-ring (bicyclic) bond motifs is 1. The van der Waals surface area contributed by atoms with Gasteiger partial charge in [0.05, 0.1) is 0 Å². The molecule has 2 aromatic carbocycles. The Bertz CT molecular complexity index is 598. The van der Waals surface area contributed by atoms with Gasteiger partial charge in [-0.3, -0.25) is 0 Å². The van der Waals surface area contributed by atoms with Crippen molar-refractivity contribution in [3.05, 3.63) is 58.6 Å². The highest BCUT2D eigenvalue weighted by Crippen LogP contribution is 2.35. The monoisotopic (exact) mass is 276 g/mol. The summed E-state index contributed by atoms with van der Waals surface area (Å²) in [6, 6.07) is 12.7. The Morgan fingerprint density at radius 2 is 1.74 bits per heavy atom. The van der Waals surface area contributed by atoms with Crippen molar-refractivity contribution in [2.45, 2.75) is 6.10 Å². The molecule has 1 aliphatic heterocycles. The number of halogens is 1. The van der Waals surface area contributed by atoms with Gasteiger partial charge in [0.2, 0.25) is 0 Å². The highest BCUT2D eigenvalue weighted by Gasteiger charge is 2.18. The summed E-state index contributed by atoms with van der Waals surface area (Å²) in [5.74, 6) is 1.37. The third-order valence-corrected chi connectivity index (χ3v) is 3.43. The molecule has 1 heterocycles. The minimum absolute atomic E-state index is 0.526. The van der Waals surface area contributed by atoms with Crippen molar-refractivity contribution in [2.75, 3.05) is 13.2 Å². The lowest BCUT2D eigenvalue weighted by atomic mass is 10.0. The van der Waals surface area contributed by atoms with Crippen LogP contribution in [0.5, 0.6) is 11.5 Å². The third kappa shape index (κ3) is 2.39. The zero-order valence-electron chi connectivity index (χ0n) is 10.2. The molecule has 3 nitrogen and oxygen atoms in total. The number of rotatable bonds is 2. The van der Waals surface area contributed by atoms with Crippen LogP contribution in [0.25, 0.3) is 0 Å². The minimum atomic E-state index is -0.774. The normalized spacial score (nSPS) is 15.1. The molecule has 0 fully saturated rings. The van der Waals surface area contributed by atoms with Crippen LogP contribution in [0.3, 0.4) is 0 Å². The van der Waals surface area contributed by atoms with Gasteiger partial charge >= 0.3 is 0 Å². The van der Waals surface area contributed by atoms with Crippen LogP contribution in [-0.4, -0.2) is 18.3 Å². The van der Waals surface area contributed by atoms with Gasteiger partial charge < -0.3 is 14.6 Å². The van der Waals surface area contributed by atoms with Crippen molar-refractivity contribution >= 4 is 11.6 Å². The molecule has 0 saturated heterocycles. The summed E-state index contributed by atoms with van der Waals surface area (Å²) in [5, 5.41) is 10.9. The Kier molecular flexibility index (Phi) is 3.32. The van der Waals surface area contributed by atoms with Crippen LogP contribution in [0.1, 0.15) is 17.2 Å². The second-order valence-corrected chi connectivity index (χ2v) is 4.73. The fourth-order valence-electron chi connectivity index (χ4n) is 2.11. The van der Waals surface area contributed by atoms with Gasteiger partial charge in [0.1, 0.15) is 19.3 Å². The Balaban J connectivity index is 1.96. The average Bonchev–Trinajstić information content (AvgIpc) is 2.46. The second-order valence-electron chi connectivity index (χ2n) is 4.33. The van der Waals surface area contributed by atoms with E-state index in [-0.39, 0.29) is 0 Å². The number of ether oxygens (including phenoxy) is 2. The van der Waals surface area contributed by atoms with Crippen LogP contribution in [0.4, 0.5) is 0 Å². The van der Waals surface area contributed by atoms with Crippen LogP contribution in [-0.2, 0) is 0 Å². The summed E-state index contributed by atoms with van der Waals surface area (Å²) < 4.78 is 11.0. The maximum atomic E-state index is 10.4. The number of hydrogen-bond donors (Lipinski definition) is 1. The van der Waals surface area contributed by atoms with E-state index >= 15 is 0 Å². The summed E-state index contributed by atoms with van der Waals surface area (Å²) in [5.41, 5.74) is 1.41. The first-order chi connectivity index (χ1) is 9.25. The van der Waals surface area contributed by atoms with Gasteiger partial charge in [-0.2, -0.15) is 0 Å². The van der Waals surface area contributed by atoms with E-state index in [9.17, 15) is 5.11 Å². The number of aliphatic hydroxyl groups excluding tert-OH is 1. The number of aliphatic hydroxyl groups is 1. The lowest BCUT2D eigenvalue weighted by Gasteiger charge is -2.20. The molecule has 0 aliphatic carbocycles. The van der Waals surface area contributed by atoms with Gasteiger partial charge in [-0.25, -0.2) is 0 Å². The molecule has 1 unspecified atom stereocenters. The van der Waals surface area contributed by atoms with Crippen molar-refractivity contribution < 1.29 is 14.6 Å². The van der Waals surface area contributed by atoms with Crippen molar-refractivity contribution in [1.82, 2.24) is 0 Å². The van der Waals surface area contributed by atoms with Crippen LogP contribution >= 0.6 is 11.6 Å². The fourth-order valence-corrected chi connectivity index (χ4v) is 2.35. The molecular weight excluding hydrogens is 264 g/mol. The van der Waals surface area contributed by atoms with Gasteiger partial charge in [-0.1, -0.05) is 35.9 Å². The van der Waals surface area contributed by atoms with Crippen molar-refractivity contribution in [2.24, 2.45) is 0 Å². The molecule has 0 radical (unpaired) electrons. The smallest absolute Gasteiger partial charge is 0.161 e. The fraction of sp³-hybridized carbons (Fsp3) is 0.200. The zero-order valence-corrected chi connectivity index (χ0v) is 10.9. The standard InChI is InChI=1S/C15H13ClO3/c16-12-4-2-1-3-11(12)15(17)10-5-6-13-14(9-10)19-8-7-18-13/h1-6,9,15,17H,7-8H2. The van der Waals surface area contributed by atoms with Crippen LogP contribution in [0, 0.1) is 0 Å². The van der Waals surface area contributed by atoms with E-state index in [4.69, 9.17) is 21.1 Å². The summed E-state index contributed by atoms with van der Waals surface area (Å²) in [6.45, 7) is 1.08. The molecule has 2 aromatic rings. The molecule has 1 atom stereocenters. The molecule has 19 heavy (non-hydrogen) atoms. The van der Waals surface area contributed by atoms with Crippen molar-refractivity contribution in [3.63, 3.8) is 0 Å². The number of benzene rings is 2. The molecule has 0 amide bonds. The summed E-state index contributed by atoms with van der Waals surface area (Å²) >= 11 is 6.10. The highest BCUT2D eigenvalue weighted by atomic mass is 35.5. The van der Waals surface area contributed by atoms with Crippen LogP contribution < -0.4 is 9.47 Å². The summed E-state index contributed by atoms with van der Waals surface area (Å²) in [6.07, 6.45) is -0.774. The first-order valence-corrected chi connectivity index (χ1v) is 6.45. The maximum absolute atomic E-state index is 10.4. The molecule has 0 bridgehead atoms. The predicted octanol–water partition coefficient (Wildman–Crippen LogP) is 3.19. The van der Waals surface area contributed by atoms with Crippen LogP contribution in [0.15, 0.2) is 42.5 Å². The van der Waals surface area contributed by atoms with E-state index in [1.165, 1.54) is 0 Å². The first-order valence-electron chi connectivity index (χ1n) is 6.08. The maximum Gasteiger partial charge on any atom is 0.161 e. The van der Waals surface area contributed by atoms with Gasteiger partial charge in [0.25, 0.3) is 0 Å². The van der Waals surface area contributed by atoms with Gasteiger partial charge in [0, 0.05) is 10.6 Å². The lowest BCUT2D eigenvalue weighted by Crippen LogP contribution is -2.15. The molecule has 0 aromatic heterocycles. The second kappa shape index (κ2) is 5.11. The molecule has 0 saturated carbocycles. The topological polar surface area (TPSA) is 38.7 Å². The van der Waals surface area contributed by atoms with Gasteiger partial charge in [-0.15, -0.1) is 0 Å². The molecule has 3 rings (SSSR count). The zero-order chi connectivity index (χ0) is 13.2. The number of hydrogen-bond acceptors (Lipinski definition) is 3. The molecule has 4 heteroatoms. The van der Waals surface area contributed by atoms with Crippen molar-refractivity contribution in [3.8, 4) is 11.5 Å². The Hall–Kier alpha value is -1.71. The largest absolute Gasteiger partial charge is 0.486 e. The van der Waals surface area contributed by atoms with E-state index in [0.717, 1.165) is 5.56 Å². The average molecular weight is 277 g/mol.